The molecule has 3 rings (SSSR count). The van der Waals surface area contributed by atoms with Crippen LogP contribution in [0.25, 0.3) is 0 Å². The van der Waals surface area contributed by atoms with E-state index >= 15 is 0 Å². The number of carbonyl (C=O) groups excluding carboxylic acids is 1. The fourth-order valence-electron chi connectivity index (χ4n) is 4.01. The van der Waals surface area contributed by atoms with E-state index in [2.05, 4.69) is 10.2 Å². The summed E-state index contributed by atoms with van der Waals surface area (Å²) < 4.78 is 5.94. The number of ether oxygens (including phenoxy) is 1. The van der Waals surface area contributed by atoms with Crippen molar-refractivity contribution in [3.63, 3.8) is 0 Å². The van der Waals surface area contributed by atoms with Crippen LogP contribution in [0.2, 0.25) is 0 Å². The third-order valence-electron chi connectivity index (χ3n) is 5.47. The van der Waals surface area contributed by atoms with Gasteiger partial charge < -0.3 is 15.2 Å². The average Bonchev–Trinajstić information content (AvgIpc) is 3.14. The number of rotatable bonds is 3. The number of fused-ring (bicyclic) bond motifs is 1. The lowest BCUT2D eigenvalue weighted by atomic mass is 10.1. The molecular weight excluding hydrogens is 344 g/mol. The van der Waals surface area contributed by atoms with Gasteiger partial charge in [0.2, 0.25) is 5.91 Å². The third kappa shape index (κ3) is 5.96. The zero-order valence-corrected chi connectivity index (χ0v) is 15.9. The molecule has 0 aromatic heterocycles. The van der Waals surface area contributed by atoms with Gasteiger partial charge in [-0.1, -0.05) is 18.9 Å². The van der Waals surface area contributed by atoms with Crippen molar-refractivity contribution in [1.82, 2.24) is 10.2 Å². The van der Waals surface area contributed by atoms with Gasteiger partial charge in [-0.3, -0.25) is 9.69 Å². The van der Waals surface area contributed by atoms with Crippen LogP contribution >= 0.6 is 0 Å². The lowest BCUT2D eigenvalue weighted by Gasteiger charge is -2.26. The third-order valence-corrected chi connectivity index (χ3v) is 5.47. The van der Waals surface area contributed by atoms with Crippen molar-refractivity contribution in [2.45, 2.75) is 51.5 Å². The van der Waals surface area contributed by atoms with E-state index in [4.69, 9.17) is 4.74 Å². The molecule has 0 spiro atoms. The van der Waals surface area contributed by atoms with Crippen LogP contribution in [0.1, 0.15) is 60.9 Å². The molecule has 2 N–H and O–H groups in total. The van der Waals surface area contributed by atoms with Crippen LogP contribution < -0.4 is 10.1 Å². The van der Waals surface area contributed by atoms with Crippen molar-refractivity contribution in [3.8, 4) is 5.75 Å². The summed E-state index contributed by atoms with van der Waals surface area (Å²) in [6.45, 7) is 3.13. The molecule has 0 bridgehead atoms. The van der Waals surface area contributed by atoms with Crippen molar-refractivity contribution in [1.29, 1.82) is 0 Å². The highest BCUT2D eigenvalue weighted by atomic mass is 16.5. The highest BCUT2D eigenvalue weighted by molar-refractivity contribution is 5.88. The minimum Gasteiger partial charge on any atom is -0.493 e. The van der Waals surface area contributed by atoms with Crippen molar-refractivity contribution in [2.75, 3.05) is 26.2 Å². The van der Waals surface area contributed by atoms with Crippen molar-refractivity contribution >= 4 is 11.9 Å². The van der Waals surface area contributed by atoms with Crippen LogP contribution in [0.3, 0.4) is 0 Å². The topological polar surface area (TPSA) is 78.9 Å². The summed E-state index contributed by atoms with van der Waals surface area (Å²) >= 11 is 0. The molecule has 1 heterocycles. The van der Waals surface area contributed by atoms with Gasteiger partial charge in [0.25, 0.3) is 0 Å². The smallest absolute Gasteiger partial charge is 0.335 e. The number of benzene rings is 1. The number of amides is 1. The van der Waals surface area contributed by atoms with Gasteiger partial charge in [-0.05, 0) is 50.2 Å². The van der Waals surface area contributed by atoms with E-state index in [1.54, 1.807) is 12.1 Å². The lowest BCUT2D eigenvalue weighted by Crippen LogP contribution is -2.39. The molecule has 0 radical (unpaired) electrons. The van der Waals surface area contributed by atoms with E-state index in [9.17, 15) is 14.7 Å². The zero-order chi connectivity index (χ0) is 19.1. The first-order valence-electron chi connectivity index (χ1n) is 10.1. The van der Waals surface area contributed by atoms with E-state index in [0.717, 1.165) is 31.4 Å². The first-order valence-corrected chi connectivity index (χ1v) is 10.1. The summed E-state index contributed by atoms with van der Waals surface area (Å²) in [5.74, 6) is 0.380. The molecule has 1 aliphatic heterocycles. The number of carboxylic acid groups (broad SMARTS) is 1. The van der Waals surface area contributed by atoms with Gasteiger partial charge in [0, 0.05) is 25.2 Å². The normalized spacial score (nSPS) is 20.5. The van der Waals surface area contributed by atoms with Crippen LogP contribution in [0.4, 0.5) is 0 Å². The Morgan fingerprint density at radius 1 is 1.15 bits per heavy atom. The Kier molecular flexibility index (Phi) is 7.10. The molecular formula is C21H30N2O4. The predicted octanol–water partition coefficient (Wildman–Crippen LogP) is 3.06. The molecule has 1 aromatic rings. The molecule has 1 aliphatic carbocycles. The summed E-state index contributed by atoms with van der Waals surface area (Å²) in [5, 5.41) is 12.3. The van der Waals surface area contributed by atoms with Crippen LogP contribution in [-0.4, -0.2) is 48.1 Å². The molecule has 6 heteroatoms. The Labute approximate surface area is 160 Å². The Balaban J connectivity index is 1.81. The van der Waals surface area contributed by atoms with Gasteiger partial charge in [-0.25, -0.2) is 4.79 Å². The van der Waals surface area contributed by atoms with Gasteiger partial charge >= 0.3 is 5.97 Å². The monoisotopic (exact) mass is 374 g/mol. The summed E-state index contributed by atoms with van der Waals surface area (Å²) in [6.07, 6.45) is 7.77. The van der Waals surface area contributed by atoms with Gasteiger partial charge in [0.1, 0.15) is 5.75 Å². The maximum Gasteiger partial charge on any atom is 0.335 e. The fourth-order valence-corrected chi connectivity index (χ4v) is 4.01. The molecule has 2 aliphatic rings. The molecule has 1 fully saturated rings. The summed E-state index contributed by atoms with van der Waals surface area (Å²) in [4.78, 5) is 25.9. The van der Waals surface area contributed by atoms with Crippen LogP contribution in [-0.2, 0) is 11.3 Å². The molecule has 1 aromatic carbocycles. The van der Waals surface area contributed by atoms with E-state index in [1.165, 1.54) is 25.7 Å². The first kappa shape index (κ1) is 19.7. The Morgan fingerprint density at radius 2 is 1.96 bits per heavy atom. The second-order valence-electron chi connectivity index (χ2n) is 7.71. The van der Waals surface area contributed by atoms with Crippen molar-refractivity contribution in [3.05, 3.63) is 29.3 Å². The number of carboxylic acids is 1. The number of nitrogens with zero attached hydrogens (tertiary/aromatic N) is 1. The molecule has 0 atom stereocenters. The SMILES string of the molecule is O=C1CN(CC2CCCC2)Cc2ccc(C(=O)O)cc2OCCCCCN1. The quantitative estimate of drug-likeness (QED) is 0.850. The minimum atomic E-state index is -0.952. The van der Waals surface area contributed by atoms with Crippen LogP contribution in [0.5, 0.6) is 5.75 Å². The largest absolute Gasteiger partial charge is 0.493 e. The Hall–Kier alpha value is -2.08. The number of hydrogen-bond donors (Lipinski definition) is 2. The lowest BCUT2D eigenvalue weighted by molar-refractivity contribution is -0.122. The summed E-state index contributed by atoms with van der Waals surface area (Å²) in [7, 11) is 0. The summed E-state index contributed by atoms with van der Waals surface area (Å²) in [5.41, 5.74) is 1.18. The molecule has 1 saturated carbocycles. The predicted molar refractivity (Wildman–Crippen MR) is 103 cm³/mol. The fraction of sp³-hybridized carbons (Fsp3) is 0.619. The highest BCUT2D eigenvalue weighted by Gasteiger charge is 2.22. The standard InChI is InChI=1S/C21H30N2O4/c24-20-15-23(13-16-6-2-3-7-16)14-18-9-8-17(21(25)26)12-19(18)27-11-5-1-4-10-22-20/h8-9,12,16H,1-7,10-11,13-15H2,(H,22,24)(H,25,26). The van der Waals surface area contributed by atoms with Gasteiger partial charge in [-0.15, -0.1) is 0 Å². The second kappa shape index (κ2) is 9.74. The molecule has 1 amide bonds. The zero-order valence-electron chi connectivity index (χ0n) is 15.9. The Bertz CT molecular complexity index is 656. The van der Waals surface area contributed by atoms with Gasteiger partial charge in [0.15, 0.2) is 0 Å². The Morgan fingerprint density at radius 3 is 2.74 bits per heavy atom. The molecule has 27 heavy (non-hydrogen) atoms. The highest BCUT2D eigenvalue weighted by Crippen LogP contribution is 2.28. The summed E-state index contributed by atoms with van der Waals surface area (Å²) in [6, 6.07) is 5.07. The van der Waals surface area contributed by atoms with Crippen LogP contribution in [0, 0.1) is 5.92 Å². The van der Waals surface area contributed by atoms with Gasteiger partial charge in [-0.2, -0.15) is 0 Å². The van der Waals surface area contributed by atoms with E-state index < -0.39 is 5.97 Å². The number of hydrogen-bond acceptors (Lipinski definition) is 4. The van der Waals surface area contributed by atoms with E-state index in [-0.39, 0.29) is 11.5 Å². The first-order chi connectivity index (χ1) is 13.1. The molecule has 6 nitrogen and oxygen atoms in total. The maximum absolute atomic E-state index is 12.4. The van der Waals surface area contributed by atoms with Crippen LogP contribution in [0.15, 0.2) is 18.2 Å². The second-order valence-corrected chi connectivity index (χ2v) is 7.71. The average molecular weight is 374 g/mol. The number of carbonyl (C=O) groups is 2. The van der Waals surface area contributed by atoms with Crippen molar-refractivity contribution in [2.24, 2.45) is 5.92 Å². The number of aromatic carboxylic acids is 1. The molecule has 0 unspecified atom stereocenters. The van der Waals surface area contributed by atoms with E-state index in [1.807, 2.05) is 6.07 Å². The molecule has 148 valence electrons. The minimum absolute atomic E-state index is 0.0665. The van der Waals surface area contributed by atoms with Gasteiger partial charge in [0.05, 0.1) is 18.7 Å². The maximum atomic E-state index is 12.4. The molecule has 0 saturated heterocycles. The van der Waals surface area contributed by atoms with E-state index in [0.29, 0.717) is 37.9 Å². The number of nitrogens with one attached hydrogen (secondary N) is 1. The van der Waals surface area contributed by atoms with Crippen molar-refractivity contribution < 1.29 is 19.4 Å².